The van der Waals surface area contributed by atoms with Crippen molar-refractivity contribution in [1.82, 2.24) is 14.7 Å². The average Bonchev–Trinajstić information content (AvgIpc) is 2.56. The topological polar surface area (TPSA) is 47.1 Å². The van der Waals surface area contributed by atoms with E-state index >= 15 is 0 Å². The van der Waals surface area contributed by atoms with Gasteiger partial charge in [-0.05, 0) is 20.4 Å². The number of hydrogen-bond acceptors (Lipinski definition) is 3. The van der Waals surface area contributed by atoms with Crippen molar-refractivity contribution in [3.8, 4) is 0 Å². The van der Waals surface area contributed by atoms with Gasteiger partial charge in [0, 0.05) is 31.1 Å². The Morgan fingerprint density at radius 2 is 2.20 bits per heavy atom. The zero-order valence-corrected chi connectivity index (χ0v) is 9.82. The molecule has 1 aliphatic heterocycles. The van der Waals surface area contributed by atoms with Gasteiger partial charge in [-0.15, -0.1) is 0 Å². The van der Waals surface area contributed by atoms with E-state index in [0.717, 1.165) is 31.9 Å². The summed E-state index contributed by atoms with van der Waals surface area (Å²) in [5.41, 5.74) is 8.56. The van der Waals surface area contributed by atoms with Gasteiger partial charge in [0.05, 0.1) is 5.69 Å². The van der Waals surface area contributed by atoms with Crippen LogP contribution in [0.1, 0.15) is 38.1 Å². The molecule has 4 heteroatoms. The number of nitrogen functional groups attached to an aromatic ring is 1. The van der Waals surface area contributed by atoms with Crippen LogP contribution >= 0.6 is 0 Å². The first-order valence-corrected chi connectivity index (χ1v) is 5.71. The van der Waals surface area contributed by atoms with Gasteiger partial charge in [0.15, 0.2) is 0 Å². The molecule has 1 aliphatic rings. The quantitative estimate of drug-likeness (QED) is 0.799. The number of fused-ring (bicyclic) bond motifs is 1. The van der Waals surface area contributed by atoms with Crippen LogP contribution in [-0.2, 0) is 13.0 Å². The van der Waals surface area contributed by atoms with Gasteiger partial charge >= 0.3 is 0 Å². The molecule has 0 bridgehead atoms. The number of rotatable bonds is 2. The van der Waals surface area contributed by atoms with Crippen LogP contribution in [0.15, 0.2) is 0 Å². The highest BCUT2D eigenvalue weighted by atomic mass is 15.3. The van der Waals surface area contributed by atoms with Gasteiger partial charge in [0.2, 0.25) is 0 Å². The van der Waals surface area contributed by atoms with Crippen molar-refractivity contribution in [1.29, 1.82) is 0 Å². The maximum Gasteiger partial charge on any atom is 0.126 e. The Balaban J connectivity index is 2.33. The van der Waals surface area contributed by atoms with Crippen LogP contribution in [0.3, 0.4) is 0 Å². The highest BCUT2D eigenvalue weighted by molar-refractivity contribution is 5.45. The molecule has 0 aromatic carbocycles. The minimum atomic E-state index is 0.352. The highest BCUT2D eigenvalue weighted by Crippen LogP contribution is 2.25. The van der Waals surface area contributed by atoms with E-state index in [9.17, 15) is 0 Å². The monoisotopic (exact) mass is 208 g/mol. The van der Waals surface area contributed by atoms with Gasteiger partial charge in [-0.3, -0.25) is 4.90 Å². The van der Waals surface area contributed by atoms with E-state index in [1.54, 1.807) is 0 Å². The summed E-state index contributed by atoms with van der Waals surface area (Å²) in [6, 6.07) is 0.352. The molecule has 4 nitrogen and oxygen atoms in total. The second-order valence-corrected chi connectivity index (χ2v) is 4.47. The van der Waals surface area contributed by atoms with Crippen LogP contribution in [0, 0.1) is 0 Å². The van der Waals surface area contributed by atoms with Crippen molar-refractivity contribution in [2.24, 2.45) is 0 Å². The lowest BCUT2D eigenvalue weighted by Gasteiger charge is -2.24. The summed E-state index contributed by atoms with van der Waals surface area (Å²) in [6.07, 6.45) is 1.03. The molecular formula is C11H20N4. The lowest BCUT2D eigenvalue weighted by molar-refractivity contribution is 0.267. The molecule has 0 aliphatic carbocycles. The average molecular weight is 208 g/mol. The second kappa shape index (κ2) is 3.85. The Morgan fingerprint density at radius 3 is 2.80 bits per heavy atom. The van der Waals surface area contributed by atoms with Crippen LogP contribution < -0.4 is 5.73 Å². The lowest BCUT2D eigenvalue weighted by Crippen LogP contribution is -2.30. The third-order valence-electron chi connectivity index (χ3n) is 3.12. The number of nitrogens with two attached hydrogens (primary N) is 1. The zero-order valence-electron chi connectivity index (χ0n) is 9.82. The Morgan fingerprint density at radius 1 is 1.47 bits per heavy atom. The van der Waals surface area contributed by atoms with E-state index in [1.807, 2.05) is 4.68 Å². The van der Waals surface area contributed by atoms with E-state index in [0.29, 0.717) is 6.04 Å². The highest BCUT2D eigenvalue weighted by Gasteiger charge is 2.23. The Bertz CT molecular complexity index is 354. The summed E-state index contributed by atoms with van der Waals surface area (Å²) >= 11 is 0. The summed E-state index contributed by atoms with van der Waals surface area (Å²) in [5.74, 6) is 0.859. The van der Waals surface area contributed by atoms with Gasteiger partial charge in [0.1, 0.15) is 5.82 Å². The van der Waals surface area contributed by atoms with Crippen molar-refractivity contribution in [2.75, 3.05) is 18.8 Å². The van der Waals surface area contributed by atoms with E-state index in [-0.39, 0.29) is 0 Å². The molecule has 0 saturated carbocycles. The molecule has 84 valence electrons. The molecule has 1 aromatic heterocycles. The molecule has 0 amide bonds. The molecule has 0 saturated heterocycles. The van der Waals surface area contributed by atoms with E-state index in [2.05, 4.69) is 30.8 Å². The van der Waals surface area contributed by atoms with Gasteiger partial charge in [-0.1, -0.05) is 6.92 Å². The first kappa shape index (κ1) is 10.5. The molecule has 1 aromatic rings. The smallest absolute Gasteiger partial charge is 0.126 e. The fourth-order valence-electron chi connectivity index (χ4n) is 2.13. The van der Waals surface area contributed by atoms with Crippen molar-refractivity contribution in [3.05, 3.63) is 11.3 Å². The second-order valence-electron chi connectivity index (χ2n) is 4.47. The van der Waals surface area contributed by atoms with Gasteiger partial charge in [0.25, 0.3) is 0 Å². The first-order chi connectivity index (χ1) is 7.13. The number of likely N-dealkylation sites (N-methyl/N-ethyl adjacent to an activating group) is 1. The number of anilines is 1. The van der Waals surface area contributed by atoms with Crippen molar-refractivity contribution < 1.29 is 0 Å². The third kappa shape index (κ3) is 1.74. The number of aromatic nitrogens is 2. The minimum absolute atomic E-state index is 0.352. The Kier molecular flexibility index (Phi) is 2.69. The molecular weight excluding hydrogens is 188 g/mol. The van der Waals surface area contributed by atoms with Crippen molar-refractivity contribution in [2.45, 2.75) is 39.8 Å². The van der Waals surface area contributed by atoms with E-state index in [4.69, 9.17) is 5.73 Å². The molecule has 0 spiro atoms. The molecule has 15 heavy (non-hydrogen) atoms. The van der Waals surface area contributed by atoms with Crippen LogP contribution in [0.5, 0.6) is 0 Å². The first-order valence-electron chi connectivity index (χ1n) is 5.71. The summed E-state index contributed by atoms with van der Waals surface area (Å²) in [6.45, 7) is 9.58. The lowest BCUT2D eigenvalue weighted by atomic mass is 10.1. The molecule has 0 unspecified atom stereocenters. The molecule has 2 heterocycles. The van der Waals surface area contributed by atoms with E-state index < -0.39 is 0 Å². The minimum Gasteiger partial charge on any atom is -0.384 e. The van der Waals surface area contributed by atoms with Crippen molar-refractivity contribution >= 4 is 5.82 Å². The fraction of sp³-hybridized carbons (Fsp3) is 0.727. The zero-order chi connectivity index (χ0) is 11.0. The largest absolute Gasteiger partial charge is 0.384 e. The van der Waals surface area contributed by atoms with Crippen LogP contribution in [0.4, 0.5) is 5.82 Å². The molecule has 0 radical (unpaired) electrons. The summed E-state index contributed by atoms with van der Waals surface area (Å²) in [7, 11) is 0. The predicted octanol–water partition coefficient (Wildman–Crippen LogP) is 1.42. The molecule has 2 rings (SSSR count). The summed E-state index contributed by atoms with van der Waals surface area (Å²) in [5, 5.41) is 4.58. The van der Waals surface area contributed by atoms with Crippen LogP contribution in [0.25, 0.3) is 0 Å². The van der Waals surface area contributed by atoms with Gasteiger partial charge < -0.3 is 5.73 Å². The molecule has 2 N–H and O–H groups in total. The van der Waals surface area contributed by atoms with Crippen molar-refractivity contribution in [3.63, 3.8) is 0 Å². The molecule has 0 fully saturated rings. The summed E-state index contributed by atoms with van der Waals surface area (Å²) < 4.78 is 1.95. The van der Waals surface area contributed by atoms with Crippen LogP contribution in [0.2, 0.25) is 0 Å². The molecule has 0 atom stereocenters. The Hall–Kier alpha value is -1.03. The van der Waals surface area contributed by atoms with Gasteiger partial charge in [-0.25, -0.2) is 4.68 Å². The fourth-order valence-corrected chi connectivity index (χ4v) is 2.13. The van der Waals surface area contributed by atoms with Crippen LogP contribution in [-0.4, -0.2) is 27.8 Å². The standard InChI is InChI=1S/C11H20N4/c1-4-14-6-5-10-9(7-14)11(12)15(13-10)8(2)3/h8H,4-7,12H2,1-3H3. The van der Waals surface area contributed by atoms with Gasteiger partial charge in [-0.2, -0.15) is 5.10 Å². The SMILES string of the molecule is CCN1CCc2nn(C(C)C)c(N)c2C1. The third-order valence-corrected chi connectivity index (χ3v) is 3.12. The predicted molar refractivity (Wildman–Crippen MR) is 61.7 cm³/mol. The Labute approximate surface area is 91.1 Å². The normalized spacial score (nSPS) is 17.1. The summed E-state index contributed by atoms with van der Waals surface area (Å²) in [4.78, 5) is 2.41. The number of hydrogen-bond donors (Lipinski definition) is 1. The number of nitrogens with zero attached hydrogens (tertiary/aromatic N) is 3. The maximum absolute atomic E-state index is 6.12. The maximum atomic E-state index is 6.12. The van der Waals surface area contributed by atoms with E-state index in [1.165, 1.54) is 11.3 Å².